The third-order valence-corrected chi connectivity index (χ3v) is 4.39. The predicted octanol–water partition coefficient (Wildman–Crippen LogP) is 2.50. The second kappa shape index (κ2) is 4.53. The fourth-order valence-corrected chi connectivity index (χ4v) is 3.33. The Hall–Kier alpha value is -1.55. The Bertz CT molecular complexity index is 547. The Labute approximate surface area is 113 Å². The van der Waals surface area contributed by atoms with Crippen LogP contribution in [0, 0.1) is 0 Å². The summed E-state index contributed by atoms with van der Waals surface area (Å²) in [4.78, 5) is 9.55. The number of oxazole rings is 1. The van der Waals surface area contributed by atoms with E-state index in [4.69, 9.17) is 4.42 Å². The molecule has 0 unspecified atom stereocenters. The van der Waals surface area contributed by atoms with Crippen molar-refractivity contribution in [2.24, 2.45) is 0 Å². The van der Waals surface area contributed by atoms with Gasteiger partial charge in [0.25, 0.3) is 6.01 Å². The number of fused-ring (bicyclic) bond motifs is 2. The molecular weight excluding hydrogens is 238 g/mol. The SMILES string of the molecule is c1ccc2oc(N3CCN4CCCC[C@H]4C3)nc2c1. The van der Waals surface area contributed by atoms with Crippen LogP contribution in [0.15, 0.2) is 28.7 Å². The highest BCUT2D eigenvalue weighted by molar-refractivity contribution is 5.74. The molecule has 1 aromatic heterocycles. The quantitative estimate of drug-likeness (QED) is 0.786. The minimum absolute atomic E-state index is 0.692. The summed E-state index contributed by atoms with van der Waals surface area (Å²) in [6, 6.07) is 9.50. The zero-order chi connectivity index (χ0) is 12.7. The molecule has 0 bridgehead atoms. The van der Waals surface area contributed by atoms with Crippen LogP contribution in [0.1, 0.15) is 19.3 Å². The summed E-state index contributed by atoms with van der Waals surface area (Å²) in [5.41, 5.74) is 1.85. The van der Waals surface area contributed by atoms with Gasteiger partial charge in [0.05, 0.1) is 0 Å². The lowest BCUT2D eigenvalue weighted by atomic mass is 10.00. The average Bonchev–Trinajstić information content (AvgIpc) is 2.90. The third kappa shape index (κ3) is 2.00. The van der Waals surface area contributed by atoms with Gasteiger partial charge in [0.1, 0.15) is 5.52 Å². The minimum Gasteiger partial charge on any atom is -0.423 e. The van der Waals surface area contributed by atoms with Crippen molar-refractivity contribution in [2.45, 2.75) is 25.3 Å². The Morgan fingerprint density at radius 1 is 1.11 bits per heavy atom. The third-order valence-electron chi connectivity index (χ3n) is 4.39. The molecule has 2 aromatic rings. The Kier molecular flexibility index (Phi) is 2.69. The number of para-hydroxylation sites is 2. The summed E-state index contributed by atoms with van der Waals surface area (Å²) in [5, 5.41) is 0. The molecule has 100 valence electrons. The highest BCUT2D eigenvalue weighted by Crippen LogP contribution is 2.26. The minimum atomic E-state index is 0.692. The largest absolute Gasteiger partial charge is 0.423 e. The van der Waals surface area contributed by atoms with Crippen molar-refractivity contribution >= 4 is 17.1 Å². The van der Waals surface area contributed by atoms with Gasteiger partial charge < -0.3 is 9.32 Å². The number of hydrogen-bond donors (Lipinski definition) is 0. The van der Waals surface area contributed by atoms with Crippen molar-refractivity contribution in [2.75, 3.05) is 31.1 Å². The molecule has 2 aliphatic rings. The van der Waals surface area contributed by atoms with Crippen LogP contribution in [0.3, 0.4) is 0 Å². The van der Waals surface area contributed by atoms with Crippen LogP contribution in [0.4, 0.5) is 6.01 Å². The van der Waals surface area contributed by atoms with Gasteiger partial charge >= 0.3 is 0 Å². The van der Waals surface area contributed by atoms with Crippen molar-refractivity contribution in [1.29, 1.82) is 0 Å². The summed E-state index contributed by atoms with van der Waals surface area (Å²) < 4.78 is 5.88. The molecule has 4 rings (SSSR count). The number of rotatable bonds is 1. The molecule has 2 saturated heterocycles. The summed E-state index contributed by atoms with van der Waals surface area (Å²) in [5.74, 6) is 0. The van der Waals surface area contributed by atoms with Crippen LogP contribution in [-0.4, -0.2) is 42.1 Å². The first-order valence-electron chi connectivity index (χ1n) is 7.25. The number of benzene rings is 1. The molecular formula is C15H19N3O. The van der Waals surface area contributed by atoms with Crippen LogP contribution in [0.25, 0.3) is 11.1 Å². The number of aromatic nitrogens is 1. The topological polar surface area (TPSA) is 32.5 Å². The Morgan fingerprint density at radius 2 is 2.05 bits per heavy atom. The van der Waals surface area contributed by atoms with Crippen LogP contribution in [-0.2, 0) is 0 Å². The maximum absolute atomic E-state index is 5.88. The van der Waals surface area contributed by atoms with Crippen molar-refractivity contribution in [3.63, 3.8) is 0 Å². The molecule has 3 heterocycles. The van der Waals surface area contributed by atoms with E-state index in [2.05, 4.69) is 14.8 Å². The van der Waals surface area contributed by atoms with E-state index in [1.54, 1.807) is 0 Å². The molecule has 19 heavy (non-hydrogen) atoms. The van der Waals surface area contributed by atoms with E-state index in [9.17, 15) is 0 Å². The van der Waals surface area contributed by atoms with E-state index in [0.29, 0.717) is 6.04 Å². The molecule has 2 aliphatic heterocycles. The van der Waals surface area contributed by atoms with Crippen molar-refractivity contribution in [1.82, 2.24) is 9.88 Å². The zero-order valence-corrected chi connectivity index (χ0v) is 11.1. The number of hydrogen-bond acceptors (Lipinski definition) is 4. The fourth-order valence-electron chi connectivity index (χ4n) is 3.33. The van der Waals surface area contributed by atoms with Gasteiger partial charge in [0.2, 0.25) is 0 Å². The van der Waals surface area contributed by atoms with Crippen molar-refractivity contribution in [3.8, 4) is 0 Å². The number of piperazine rings is 1. The predicted molar refractivity (Wildman–Crippen MR) is 75.4 cm³/mol. The maximum atomic E-state index is 5.88. The maximum Gasteiger partial charge on any atom is 0.298 e. The monoisotopic (exact) mass is 257 g/mol. The highest BCUT2D eigenvalue weighted by Gasteiger charge is 2.30. The molecule has 2 fully saturated rings. The normalized spacial score (nSPS) is 24.6. The van der Waals surface area contributed by atoms with Gasteiger partial charge in [0.15, 0.2) is 5.58 Å². The molecule has 0 aliphatic carbocycles. The zero-order valence-electron chi connectivity index (χ0n) is 11.1. The summed E-state index contributed by atoms with van der Waals surface area (Å²) >= 11 is 0. The first-order chi connectivity index (χ1) is 9.40. The Balaban J connectivity index is 1.58. The molecule has 0 N–H and O–H groups in total. The van der Waals surface area contributed by atoms with E-state index in [0.717, 1.165) is 36.7 Å². The van der Waals surface area contributed by atoms with Gasteiger partial charge in [0, 0.05) is 25.7 Å². The van der Waals surface area contributed by atoms with E-state index in [-0.39, 0.29) is 0 Å². The first-order valence-corrected chi connectivity index (χ1v) is 7.25. The summed E-state index contributed by atoms with van der Waals surface area (Å²) in [6.07, 6.45) is 4.04. The van der Waals surface area contributed by atoms with Crippen LogP contribution < -0.4 is 4.90 Å². The molecule has 1 atom stereocenters. The van der Waals surface area contributed by atoms with Gasteiger partial charge in [-0.2, -0.15) is 4.98 Å². The number of piperidine rings is 1. The summed E-state index contributed by atoms with van der Waals surface area (Å²) in [6.45, 7) is 4.51. The lowest BCUT2D eigenvalue weighted by Gasteiger charge is -2.43. The Morgan fingerprint density at radius 3 is 3.00 bits per heavy atom. The highest BCUT2D eigenvalue weighted by atomic mass is 16.4. The molecule has 0 amide bonds. The lowest BCUT2D eigenvalue weighted by Crippen LogP contribution is -2.55. The van der Waals surface area contributed by atoms with Crippen molar-refractivity contribution < 1.29 is 4.42 Å². The molecule has 4 heteroatoms. The van der Waals surface area contributed by atoms with E-state index in [1.807, 2.05) is 24.3 Å². The van der Waals surface area contributed by atoms with Gasteiger partial charge in [-0.15, -0.1) is 0 Å². The molecule has 4 nitrogen and oxygen atoms in total. The van der Waals surface area contributed by atoms with E-state index in [1.165, 1.54) is 25.8 Å². The van der Waals surface area contributed by atoms with Gasteiger partial charge in [-0.3, -0.25) is 4.90 Å². The molecule has 0 saturated carbocycles. The van der Waals surface area contributed by atoms with Crippen LogP contribution >= 0.6 is 0 Å². The molecule has 1 aromatic carbocycles. The van der Waals surface area contributed by atoms with Gasteiger partial charge in [-0.25, -0.2) is 0 Å². The van der Waals surface area contributed by atoms with Crippen molar-refractivity contribution in [3.05, 3.63) is 24.3 Å². The standard InChI is InChI=1S/C15H19N3O/c1-2-7-14-13(6-1)16-15(19-14)18-10-9-17-8-4-3-5-12(17)11-18/h1-2,6-7,12H,3-5,8-11H2/t12-/m0/s1. The van der Waals surface area contributed by atoms with Crippen LogP contribution in [0.2, 0.25) is 0 Å². The molecule has 0 radical (unpaired) electrons. The smallest absolute Gasteiger partial charge is 0.298 e. The molecule has 0 spiro atoms. The van der Waals surface area contributed by atoms with Crippen LogP contribution in [0.5, 0.6) is 0 Å². The summed E-state index contributed by atoms with van der Waals surface area (Å²) in [7, 11) is 0. The average molecular weight is 257 g/mol. The second-order valence-electron chi connectivity index (χ2n) is 5.60. The van der Waals surface area contributed by atoms with Gasteiger partial charge in [-0.05, 0) is 31.5 Å². The number of anilines is 1. The second-order valence-corrected chi connectivity index (χ2v) is 5.60. The lowest BCUT2D eigenvalue weighted by molar-refractivity contribution is 0.131. The van der Waals surface area contributed by atoms with E-state index >= 15 is 0 Å². The van der Waals surface area contributed by atoms with E-state index < -0.39 is 0 Å². The fraction of sp³-hybridized carbons (Fsp3) is 0.533. The van der Waals surface area contributed by atoms with Gasteiger partial charge in [-0.1, -0.05) is 18.6 Å². The number of nitrogens with zero attached hydrogens (tertiary/aromatic N) is 3. The first kappa shape index (κ1) is 11.3.